The van der Waals surface area contributed by atoms with Gasteiger partial charge in [0.1, 0.15) is 11.9 Å². The van der Waals surface area contributed by atoms with E-state index in [2.05, 4.69) is 21.8 Å². The van der Waals surface area contributed by atoms with E-state index in [9.17, 15) is 4.79 Å². The van der Waals surface area contributed by atoms with Crippen molar-refractivity contribution < 1.29 is 4.74 Å². The van der Waals surface area contributed by atoms with Crippen molar-refractivity contribution in [1.82, 2.24) is 14.9 Å². The number of aromatic nitrogens is 2. The number of halogens is 1. The standard InChI is InChI=1S/C12H18IN3O2/c1-3-4-16-5-6-18-9(7-16)11-14-8(2)10(13)12(17)15-11/h9H,3-7H2,1-2H3,(H,14,15,17). The smallest absolute Gasteiger partial charge is 0.264 e. The number of hydrogen-bond donors (Lipinski definition) is 1. The number of morpholine rings is 1. The van der Waals surface area contributed by atoms with E-state index in [1.807, 2.05) is 29.5 Å². The monoisotopic (exact) mass is 363 g/mol. The summed E-state index contributed by atoms with van der Waals surface area (Å²) in [6.45, 7) is 7.54. The average molecular weight is 363 g/mol. The van der Waals surface area contributed by atoms with Crippen molar-refractivity contribution in [1.29, 1.82) is 0 Å². The SMILES string of the molecule is CCCN1CCOC(c2nc(C)c(I)c(=O)[nH]2)C1. The minimum absolute atomic E-state index is 0.0747. The maximum Gasteiger partial charge on any atom is 0.264 e. The Morgan fingerprint density at radius 2 is 2.39 bits per heavy atom. The Kier molecular flexibility index (Phi) is 4.74. The second-order valence-corrected chi connectivity index (χ2v) is 5.59. The van der Waals surface area contributed by atoms with Crippen LogP contribution in [0.15, 0.2) is 4.79 Å². The molecule has 1 aliphatic heterocycles. The quantitative estimate of drug-likeness (QED) is 0.827. The van der Waals surface area contributed by atoms with Gasteiger partial charge in [-0.2, -0.15) is 0 Å². The number of ether oxygens (including phenoxy) is 1. The lowest BCUT2D eigenvalue weighted by molar-refractivity contribution is -0.0344. The first-order chi connectivity index (χ1) is 8.61. The molecule has 1 saturated heterocycles. The van der Waals surface area contributed by atoms with E-state index in [0.29, 0.717) is 16.0 Å². The molecule has 6 heteroatoms. The van der Waals surface area contributed by atoms with Crippen LogP contribution in [0.25, 0.3) is 0 Å². The highest BCUT2D eigenvalue weighted by atomic mass is 127. The minimum atomic E-state index is -0.117. The fraction of sp³-hybridized carbons (Fsp3) is 0.667. The number of nitrogens with zero attached hydrogens (tertiary/aromatic N) is 2. The summed E-state index contributed by atoms with van der Waals surface area (Å²) in [4.78, 5) is 21.3. The van der Waals surface area contributed by atoms with Crippen LogP contribution in [0.1, 0.15) is 31.0 Å². The van der Waals surface area contributed by atoms with Gasteiger partial charge in [0.2, 0.25) is 0 Å². The van der Waals surface area contributed by atoms with Gasteiger partial charge in [0.05, 0.1) is 15.9 Å². The summed E-state index contributed by atoms with van der Waals surface area (Å²) in [5.41, 5.74) is 0.694. The molecule has 1 aromatic heterocycles. The van der Waals surface area contributed by atoms with Gasteiger partial charge >= 0.3 is 0 Å². The molecule has 0 amide bonds. The van der Waals surface area contributed by atoms with E-state index in [0.717, 1.165) is 31.7 Å². The molecule has 1 N–H and O–H groups in total. The van der Waals surface area contributed by atoms with E-state index < -0.39 is 0 Å². The Morgan fingerprint density at radius 3 is 3.06 bits per heavy atom. The number of aryl methyl sites for hydroxylation is 1. The van der Waals surface area contributed by atoms with Gasteiger partial charge in [-0.15, -0.1) is 0 Å². The Bertz CT molecular complexity index is 473. The molecule has 0 radical (unpaired) electrons. The molecule has 0 saturated carbocycles. The summed E-state index contributed by atoms with van der Waals surface area (Å²) in [5, 5.41) is 0. The van der Waals surface area contributed by atoms with Crippen molar-refractivity contribution in [2.24, 2.45) is 0 Å². The Balaban J connectivity index is 2.18. The van der Waals surface area contributed by atoms with Crippen LogP contribution in [0, 0.1) is 10.5 Å². The molecule has 0 aromatic carbocycles. The summed E-state index contributed by atoms with van der Waals surface area (Å²) >= 11 is 2.02. The van der Waals surface area contributed by atoms with Crippen LogP contribution >= 0.6 is 22.6 Å². The number of H-pyrrole nitrogens is 1. The molecule has 0 spiro atoms. The highest BCUT2D eigenvalue weighted by Crippen LogP contribution is 2.19. The van der Waals surface area contributed by atoms with Crippen molar-refractivity contribution in [3.8, 4) is 0 Å². The second kappa shape index (κ2) is 6.12. The van der Waals surface area contributed by atoms with Crippen molar-refractivity contribution in [2.45, 2.75) is 26.4 Å². The molecule has 1 aliphatic rings. The molecule has 0 aliphatic carbocycles. The van der Waals surface area contributed by atoms with E-state index >= 15 is 0 Å². The topological polar surface area (TPSA) is 58.2 Å². The third kappa shape index (κ3) is 3.10. The van der Waals surface area contributed by atoms with Crippen LogP contribution in [0.5, 0.6) is 0 Å². The van der Waals surface area contributed by atoms with E-state index in [-0.39, 0.29) is 11.7 Å². The molecule has 100 valence electrons. The zero-order valence-electron chi connectivity index (χ0n) is 10.7. The van der Waals surface area contributed by atoms with Crippen molar-refractivity contribution in [3.63, 3.8) is 0 Å². The van der Waals surface area contributed by atoms with Crippen LogP contribution < -0.4 is 5.56 Å². The second-order valence-electron chi connectivity index (χ2n) is 4.51. The Morgan fingerprint density at radius 1 is 1.61 bits per heavy atom. The van der Waals surface area contributed by atoms with Crippen molar-refractivity contribution in [2.75, 3.05) is 26.2 Å². The lowest BCUT2D eigenvalue weighted by Gasteiger charge is -2.32. The molecular weight excluding hydrogens is 345 g/mol. The first kappa shape index (κ1) is 14.0. The first-order valence-corrected chi connectivity index (χ1v) is 7.30. The number of nitrogens with one attached hydrogen (secondary N) is 1. The van der Waals surface area contributed by atoms with E-state index in [1.165, 1.54) is 0 Å². The lowest BCUT2D eigenvalue weighted by atomic mass is 10.2. The van der Waals surface area contributed by atoms with Crippen molar-refractivity contribution >= 4 is 22.6 Å². The van der Waals surface area contributed by atoms with E-state index in [1.54, 1.807) is 0 Å². The number of aromatic amines is 1. The average Bonchev–Trinajstić information content (AvgIpc) is 2.36. The molecule has 1 aromatic rings. The summed E-state index contributed by atoms with van der Waals surface area (Å²) in [6, 6.07) is 0. The van der Waals surface area contributed by atoms with Gasteiger partial charge in [0, 0.05) is 13.1 Å². The Hall–Kier alpha value is -0.470. The number of rotatable bonds is 3. The van der Waals surface area contributed by atoms with Gasteiger partial charge in [-0.05, 0) is 42.5 Å². The lowest BCUT2D eigenvalue weighted by Crippen LogP contribution is -2.39. The van der Waals surface area contributed by atoms with Gasteiger partial charge in [-0.25, -0.2) is 4.98 Å². The summed E-state index contributed by atoms with van der Waals surface area (Å²) in [6.07, 6.45) is 1.01. The third-order valence-corrected chi connectivity index (χ3v) is 4.31. The van der Waals surface area contributed by atoms with E-state index in [4.69, 9.17) is 4.74 Å². The first-order valence-electron chi connectivity index (χ1n) is 6.22. The molecule has 1 fully saturated rings. The zero-order valence-corrected chi connectivity index (χ0v) is 12.9. The summed E-state index contributed by atoms with van der Waals surface area (Å²) in [5.74, 6) is 0.652. The van der Waals surface area contributed by atoms with Gasteiger partial charge in [-0.3, -0.25) is 9.69 Å². The highest BCUT2D eigenvalue weighted by Gasteiger charge is 2.24. The van der Waals surface area contributed by atoms with Crippen LogP contribution in [0.4, 0.5) is 0 Å². The normalized spacial score (nSPS) is 21.2. The Labute approximate surface area is 120 Å². The summed E-state index contributed by atoms with van der Waals surface area (Å²) in [7, 11) is 0. The zero-order chi connectivity index (χ0) is 13.1. The predicted octanol–water partition coefficient (Wildman–Crippen LogP) is 1.47. The molecular formula is C12H18IN3O2. The minimum Gasteiger partial charge on any atom is -0.368 e. The van der Waals surface area contributed by atoms with Crippen LogP contribution in [-0.2, 0) is 4.74 Å². The maximum absolute atomic E-state index is 11.7. The highest BCUT2D eigenvalue weighted by molar-refractivity contribution is 14.1. The molecule has 0 bridgehead atoms. The predicted molar refractivity (Wildman–Crippen MR) is 77.7 cm³/mol. The molecule has 2 rings (SSSR count). The maximum atomic E-state index is 11.7. The molecule has 18 heavy (non-hydrogen) atoms. The molecule has 2 heterocycles. The van der Waals surface area contributed by atoms with Crippen LogP contribution in [0.2, 0.25) is 0 Å². The van der Waals surface area contributed by atoms with Crippen LogP contribution in [-0.4, -0.2) is 41.1 Å². The van der Waals surface area contributed by atoms with Gasteiger partial charge in [-0.1, -0.05) is 6.92 Å². The third-order valence-electron chi connectivity index (χ3n) is 3.04. The molecule has 5 nitrogen and oxygen atoms in total. The fourth-order valence-corrected chi connectivity index (χ4v) is 2.39. The molecule has 1 unspecified atom stereocenters. The van der Waals surface area contributed by atoms with Gasteiger partial charge in [0.15, 0.2) is 0 Å². The van der Waals surface area contributed by atoms with Gasteiger partial charge in [0.25, 0.3) is 5.56 Å². The van der Waals surface area contributed by atoms with Crippen molar-refractivity contribution in [3.05, 3.63) is 25.4 Å². The fourth-order valence-electron chi connectivity index (χ4n) is 2.13. The summed E-state index contributed by atoms with van der Waals surface area (Å²) < 4.78 is 6.36. The molecule has 1 atom stereocenters. The van der Waals surface area contributed by atoms with Gasteiger partial charge < -0.3 is 9.72 Å². The number of hydrogen-bond acceptors (Lipinski definition) is 4. The largest absolute Gasteiger partial charge is 0.368 e. The van der Waals surface area contributed by atoms with Crippen LogP contribution in [0.3, 0.4) is 0 Å².